The minimum atomic E-state index is -1.14. The van der Waals surface area contributed by atoms with Crippen LogP contribution in [0.1, 0.15) is 10.6 Å². The number of aromatic carboxylic acids is 1. The fourth-order valence-corrected chi connectivity index (χ4v) is 1.15. The van der Waals surface area contributed by atoms with Gasteiger partial charge in [0, 0.05) is 12.4 Å². The van der Waals surface area contributed by atoms with Crippen LogP contribution in [0.4, 0.5) is 0 Å². The van der Waals surface area contributed by atoms with E-state index < -0.39 is 5.97 Å². The molecule has 0 bridgehead atoms. The van der Waals surface area contributed by atoms with Gasteiger partial charge in [-0.15, -0.1) is 0 Å². The third-order valence-electron chi connectivity index (χ3n) is 1.65. The zero-order valence-electron chi connectivity index (χ0n) is 7.33. The fraction of sp³-hybridized carbons (Fsp3) is 0. The molecule has 0 atom stereocenters. The Labute approximate surface area is 89.2 Å². The predicted octanol–water partition coefficient (Wildman–Crippen LogP) is 1.01. The number of rotatable bonds is 2. The van der Waals surface area contributed by atoms with E-state index in [2.05, 4.69) is 15.0 Å². The Hall–Kier alpha value is -1.95. The highest BCUT2D eigenvalue weighted by Gasteiger charge is 2.13. The van der Waals surface area contributed by atoms with Gasteiger partial charge in [-0.05, 0) is 0 Å². The molecule has 0 spiro atoms. The summed E-state index contributed by atoms with van der Waals surface area (Å²) in [6.07, 6.45) is 5.60. The second-order valence-electron chi connectivity index (χ2n) is 2.63. The lowest BCUT2D eigenvalue weighted by Crippen LogP contribution is -2.09. The lowest BCUT2D eigenvalue weighted by Gasteiger charge is -2.01. The zero-order chi connectivity index (χ0) is 10.8. The first kappa shape index (κ1) is 9.60. The standard InChI is InChI=1S/C8H5ClN4O2/c9-5-3-11-8(12-4-5)13-2-1-10-6(13)7(14)15/h1-4H,(H,14,15). The van der Waals surface area contributed by atoms with Gasteiger partial charge in [-0.1, -0.05) is 11.6 Å². The molecule has 2 aromatic heterocycles. The molecule has 0 aromatic carbocycles. The third kappa shape index (κ3) is 1.79. The highest BCUT2D eigenvalue weighted by Crippen LogP contribution is 2.08. The van der Waals surface area contributed by atoms with Gasteiger partial charge in [0.25, 0.3) is 0 Å². The van der Waals surface area contributed by atoms with Gasteiger partial charge < -0.3 is 5.11 Å². The molecule has 76 valence electrons. The molecule has 0 saturated carbocycles. The number of imidazole rings is 1. The smallest absolute Gasteiger partial charge is 0.372 e. The normalized spacial score (nSPS) is 10.2. The summed E-state index contributed by atoms with van der Waals surface area (Å²) >= 11 is 5.61. The van der Waals surface area contributed by atoms with Gasteiger partial charge in [0.1, 0.15) is 0 Å². The average molecular weight is 225 g/mol. The molecule has 0 amide bonds. The van der Waals surface area contributed by atoms with E-state index in [1.807, 2.05) is 0 Å². The van der Waals surface area contributed by atoms with Crippen LogP contribution in [0.2, 0.25) is 5.02 Å². The first-order valence-electron chi connectivity index (χ1n) is 3.93. The molecular weight excluding hydrogens is 220 g/mol. The van der Waals surface area contributed by atoms with Crippen molar-refractivity contribution in [3.63, 3.8) is 0 Å². The number of halogens is 1. The summed E-state index contributed by atoms with van der Waals surface area (Å²) < 4.78 is 1.26. The van der Waals surface area contributed by atoms with Crippen molar-refractivity contribution in [2.45, 2.75) is 0 Å². The van der Waals surface area contributed by atoms with Crippen molar-refractivity contribution in [3.8, 4) is 5.95 Å². The number of carboxylic acids is 1. The fourth-order valence-electron chi connectivity index (χ4n) is 1.05. The van der Waals surface area contributed by atoms with E-state index in [1.165, 1.54) is 29.4 Å². The summed E-state index contributed by atoms with van der Waals surface area (Å²) in [6.45, 7) is 0. The number of carbonyl (C=O) groups is 1. The second-order valence-corrected chi connectivity index (χ2v) is 3.06. The highest BCUT2D eigenvalue weighted by atomic mass is 35.5. The molecule has 1 N–H and O–H groups in total. The highest BCUT2D eigenvalue weighted by molar-refractivity contribution is 6.30. The Morgan fingerprint density at radius 3 is 2.60 bits per heavy atom. The summed E-state index contributed by atoms with van der Waals surface area (Å²) in [4.78, 5) is 22.2. The summed E-state index contributed by atoms with van der Waals surface area (Å²) in [5.41, 5.74) is 0. The number of aromatic nitrogens is 4. The molecule has 6 nitrogen and oxygen atoms in total. The van der Waals surface area contributed by atoms with Crippen LogP contribution in [0.25, 0.3) is 5.95 Å². The van der Waals surface area contributed by atoms with Crippen LogP contribution in [-0.4, -0.2) is 30.6 Å². The quantitative estimate of drug-likeness (QED) is 0.824. The summed E-state index contributed by atoms with van der Waals surface area (Å²) in [5, 5.41) is 9.19. The molecule has 0 saturated heterocycles. The van der Waals surface area contributed by atoms with Crippen LogP contribution in [0, 0.1) is 0 Å². The molecule has 0 aliphatic rings. The Kier molecular flexibility index (Phi) is 2.34. The van der Waals surface area contributed by atoms with E-state index in [4.69, 9.17) is 16.7 Å². The summed E-state index contributed by atoms with van der Waals surface area (Å²) in [7, 11) is 0. The van der Waals surface area contributed by atoms with E-state index in [1.54, 1.807) is 0 Å². The monoisotopic (exact) mass is 224 g/mol. The number of hydrogen-bond donors (Lipinski definition) is 1. The van der Waals surface area contributed by atoms with Gasteiger partial charge in [-0.2, -0.15) is 0 Å². The van der Waals surface area contributed by atoms with Gasteiger partial charge in [0.2, 0.25) is 11.8 Å². The van der Waals surface area contributed by atoms with E-state index in [0.717, 1.165) is 0 Å². The molecule has 0 aliphatic heterocycles. The molecule has 0 aliphatic carbocycles. The number of hydrogen-bond acceptors (Lipinski definition) is 4. The number of nitrogens with zero attached hydrogens (tertiary/aromatic N) is 4. The molecule has 0 radical (unpaired) electrons. The van der Waals surface area contributed by atoms with Gasteiger partial charge in [-0.3, -0.25) is 4.57 Å². The van der Waals surface area contributed by atoms with E-state index >= 15 is 0 Å². The zero-order valence-corrected chi connectivity index (χ0v) is 8.09. The summed E-state index contributed by atoms with van der Waals surface area (Å²) in [5.74, 6) is -1.06. The van der Waals surface area contributed by atoms with Crippen LogP contribution in [0.3, 0.4) is 0 Å². The largest absolute Gasteiger partial charge is 0.475 e. The van der Waals surface area contributed by atoms with Crippen molar-refractivity contribution in [2.24, 2.45) is 0 Å². The summed E-state index contributed by atoms with van der Waals surface area (Å²) in [6, 6.07) is 0. The van der Waals surface area contributed by atoms with Crippen molar-refractivity contribution in [1.82, 2.24) is 19.5 Å². The number of carboxylic acid groups (broad SMARTS) is 1. The van der Waals surface area contributed by atoms with Crippen molar-refractivity contribution < 1.29 is 9.90 Å². The molecule has 15 heavy (non-hydrogen) atoms. The SMILES string of the molecule is O=C(O)c1nccn1-c1ncc(Cl)cn1. The Morgan fingerprint density at radius 2 is 2.00 bits per heavy atom. The average Bonchev–Trinajstić information content (AvgIpc) is 2.67. The Bertz CT molecular complexity index is 494. The van der Waals surface area contributed by atoms with E-state index in [0.29, 0.717) is 5.02 Å². The second kappa shape index (κ2) is 3.66. The van der Waals surface area contributed by atoms with Crippen LogP contribution >= 0.6 is 11.6 Å². The molecule has 2 heterocycles. The lowest BCUT2D eigenvalue weighted by atomic mass is 10.6. The van der Waals surface area contributed by atoms with Crippen LogP contribution in [-0.2, 0) is 0 Å². The van der Waals surface area contributed by atoms with Crippen molar-refractivity contribution in [3.05, 3.63) is 35.6 Å². The predicted molar refractivity (Wildman–Crippen MR) is 51.1 cm³/mol. The minimum Gasteiger partial charge on any atom is -0.475 e. The maximum Gasteiger partial charge on any atom is 0.372 e. The maximum atomic E-state index is 10.8. The van der Waals surface area contributed by atoms with Crippen LogP contribution in [0.15, 0.2) is 24.8 Å². The van der Waals surface area contributed by atoms with E-state index in [-0.39, 0.29) is 11.8 Å². The molecular formula is C8H5ClN4O2. The van der Waals surface area contributed by atoms with Gasteiger partial charge in [-0.25, -0.2) is 19.7 Å². The maximum absolute atomic E-state index is 10.8. The van der Waals surface area contributed by atoms with Crippen LogP contribution in [0.5, 0.6) is 0 Å². The Balaban J connectivity index is 2.49. The topological polar surface area (TPSA) is 80.9 Å². The van der Waals surface area contributed by atoms with Gasteiger partial charge in [0.15, 0.2) is 0 Å². The Morgan fingerprint density at radius 1 is 1.33 bits per heavy atom. The molecule has 7 heteroatoms. The van der Waals surface area contributed by atoms with Crippen molar-refractivity contribution in [2.75, 3.05) is 0 Å². The van der Waals surface area contributed by atoms with Gasteiger partial charge in [0.05, 0.1) is 17.4 Å². The minimum absolute atomic E-state index is 0.141. The van der Waals surface area contributed by atoms with Crippen molar-refractivity contribution >= 4 is 17.6 Å². The van der Waals surface area contributed by atoms with Gasteiger partial charge >= 0.3 is 5.97 Å². The van der Waals surface area contributed by atoms with Crippen LogP contribution < -0.4 is 0 Å². The molecule has 2 rings (SSSR count). The third-order valence-corrected chi connectivity index (χ3v) is 1.85. The first-order valence-corrected chi connectivity index (χ1v) is 4.31. The molecule has 2 aromatic rings. The van der Waals surface area contributed by atoms with E-state index in [9.17, 15) is 4.79 Å². The lowest BCUT2D eigenvalue weighted by molar-refractivity contribution is 0.0681. The molecule has 0 fully saturated rings. The first-order chi connectivity index (χ1) is 7.18. The molecule has 0 unspecified atom stereocenters. The van der Waals surface area contributed by atoms with Crippen molar-refractivity contribution in [1.29, 1.82) is 0 Å².